The standard InChI is InChI=1S/C12H15BrFNS/c13-10-4-9(5-11(14)6-10)7-15-12-2-1-3-16-8-12/h4-6,12,15H,1-3,7-8H2. The van der Waals surface area contributed by atoms with Gasteiger partial charge < -0.3 is 5.32 Å². The summed E-state index contributed by atoms with van der Waals surface area (Å²) in [7, 11) is 0. The van der Waals surface area contributed by atoms with E-state index >= 15 is 0 Å². The molecule has 1 nitrogen and oxygen atoms in total. The SMILES string of the molecule is Fc1cc(Br)cc(CNC2CCCSC2)c1. The van der Waals surface area contributed by atoms with Crippen molar-refractivity contribution in [1.82, 2.24) is 5.32 Å². The Morgan fingerprint density at radius 1 is 1.44 bits per heavy atom. The van der Waals surface area contributed by atoms with E-state index in [0.717, 1.165) is 16.6 Å². The number of benzene rings is 1. The van der Waals surface area contributed by atoms with Crippen LogP contribution >= 0.6 is 27.7 Å². The number of hydrogen-bond donors (Lipinski definition) is 1. The maximum Gasteiger partial charge on any atom is 0.124 e. The highest BCUT2D eigenvalue weighted by molar-refractivity contribution is 9.10. The molecule has 2 rings (SSSR count). The summed E-state index contributed by atoms with van der Waals surface area (Å²) in [6, 6.07) is 5.63. The van der Waals surface area contributed by atoms with Crippen LogP contribution in [0.3, 0.4) is 0 Å². The van der Waals surface area contributed by atoms with Gasteiger partial charge in [-0.05, 0) is 42.4 Å². The van der Waals surface area contributed by atoms with Crippen LogP contribution in [0, 0.1) is 5.82 Å². The van der Waals surface area contributed by atoms with Gasteiger partial charge in [0, 0.05) is 22.8 Å². The van der Waals surface area contributed by atoms with Crippen LogP contribution in [0.5, 0.6) is 0 Å². The molecule has 1 N–H and O–H groups in total. The van der Waals surface area contributed by atoms with Crippen LogP contribution in [-0.4, -0.2) is 17.5 Å². The lowest BCUT2D eigenvalue weighted by atomic mass is 10.1. The van der Waals surface area contributed by atoms with Crippen molar-refractivity contribution in [1.29, 1.82) is 0 Å². The fourth-order valence-corrected chi connectivity index (χ4v) is 3.50. The Hall–Kier alpha value is -0.0600. The molecule has 4 heteroatoms. The third-order valence-electron chi connectivity index (χ3n) is 2.68. The highest BCUT2D eigenvalue weighted by Gasteiger charge is 2.12. The molecule has 1 aliphatic heterocycles. The third kappa shape index (κ3) is 3.75. The Morgan fingerprint density at radius 3 is 3.00 bits per heavy atom. The van der Waals surface area contributed by atoms with Crippen LogP contribution in [0.1, 0.15) is 18.4 Å². The summed E-state index contributed by atoms with van der Waals surface area (Å²) in [5.41, 5.74) is 1.00. The smallest absolute Gasteiger partial charge is 0.124 e. The lowest BCUT2D eigenvalue weighted by molar-refractivity contribution is 0.506. The molecule has 0 aromatic heterocycles. The molecule has 0 aliphatic carbocycles. The highest BCUT2D eigenvalue weighted by atomic mass is 79.9. The molecule has 0 bridgehead atoms. The van der Waals surface area contributed by atoms with Gasteiger partial charge in [-0.3, -0.25) is 0 Å². The Balaban J connectivity index is 1.88. The van der Waals surface area contributed by atoms with Crippen LogP contribution in [0.2, 0.25) is 0 Å². The van der Waals surface area contributed by atoms with Crippen molar-refractivity contribution in [2.45, 2.75) is 25.4 Å². The van der Waals surface area contributed by atoms with Gasteiger partial charge in [-0.1, -0.05) is 15.9 Å². The topological polar surface area (TPSA) is 12.0 Å². The largest absolute Gasteiger partial charge is 0.309 e. The minimum atomic E-state index is -0.177. The second kappa shape index (κ2) is 6.03. The number of halogens is 2. The van der Waals surface area contributed by atoms with Crippen LogP contribution in [-0.2, 0) is 6.54 Å². The summed E-state index contributed by atoms with van der Waals surface area (Å²) in [5.74, 6) is 2.28. The minimum absolute atomic E-state index is 0.177. The van der Waals surface area contributed by atoms with Crippen LogP contribution in [0.4, 0.5) is 4.39 Å². The molecule has 1 aliphatic rings. The van der Waals surface area contributed by atoms with Crippen molar-refractivity contribution in [3.05, 3.63) is 34.1 Å². The first-order valence-corrected chi connectivity index (χ1v) is 7.45. The maximum absolute atomic E-state index is 13.1. The van der Waals surface area contributed by atoms with E-state index in [2.05, 4.69) is 21.2 Å². The number of rotatable bonds is 3. The Morgan fingerprint density at radius 2 is 2.31 bits per heavy atom. The lowest BCUT2D eigenvalue weighted by Crippen LogP contribution is -2.33. The molecular formula is C12H15BrFNS. The van der Waals surface area contributed by atoms with E-state index in [1.165, 1.54) is 30.4 Å². The van der Waals surface area contributed by atoms with Gasteiger partial charge in [0.2, 0.25) is 0 Å². The molecule has 1 aromatic carbocycles. The van der Waals surface area contributed by atoms with Gasteiger partial charge in [0.05, 0.1) is 0 Å². The van der Waals surface area contributed by atoms with E-state index in [0.29, 0.717) is 6.04 Å². The van der Waals surface area contributed by atoms with E-state index in [-0.39, 0.29) is 5.82 Å². The van der Waals surface area contributed by atoms with Crippen molar-refractivity contribution in [3.63, 3.8) is 0 Å². The van der Waals surface area contributed by atoms with E-state index in [4.69, 9.17) is 0 Å². The Bertz CT molecular complexity index is 333. The minimum Gasteiger partial charge on any atom is -0.309 e. The predicted molar refractivity (Wildman–Crippen MR) is 71.3 cm³/mol. The first-order valence-electron chi connectivity index (χ1n) is 5.50. The molecule has 0 amide bonds. The highest BCUT2D eigenvalue weighted by Crippen LogP contribution is 2.18. The van der Waals surface area contributed by atoms with Gasteiger partial charge in [-0.15, -0.1) is 0 Å². The van der Waals surface area contributed by atoms with E-state index in [1.807, 2.05) is 17.8 Å². The third-order valence-corrected chi connectivity index (χ3v) is 4.35. The Kier molecular flexibility index (Phi) is 4.67. The van der Waals surface area contributed by atoms with Gasteiger partial charge >= 0.3 is 0 Å². The van der Waals surface area contributed by atoms with Crippen molar-refractivity contribution >= 4 is 27.7 Å². The molecule has 1 fully saturated rings. The number of nitrogens with one attached hydrogen (secondary N) is 1. The molecule has 0 radical (unpaired) electrons. The maximum atomic E-state index is 13.1. The molecule has 1 aromatic rings. The van der Waals surface area contributed by atoms with E-state index in [1.54, 1.807) is 6.07 Å². The first-order chi connectivity index (χ1) is 7.74. The molecular weight excluding hydrogens is 289 g/mol. The summed E-state index contributed by atoms with van der Waals surface area (Å²) in [4.78, 5) is 0. The normalized spacial score (nSPS) is 21.0. The van der Waals surface area contributed by atoms with Crippen molar-refractivity contribution in [2.75, 3.05) is 11.5 Å². The van der Waals surface area contributed by atoms with E-state index < -0.39 is 0 Å². The molecule has 1 atom stereocenters. The summed E-state index contributed by atoms with van der Waals surface area (Å²) >= 11 is 5.31. The summed E-state index contributed by atoms with van der Waals surface area (Å²) in [5, 5.41) is 3.48. The zero-order valence-corrected chi connectivity index (χ0v) is 11.4. The monoisotopic (exact) mass is 303 g/mol. The average molecular weight is 304 g/mol. The van der Waals surface area contributed by atoms with Gasteiger partial charge in [-0.25, -0.2) is 4.39 Å². The predicted octanol–water partition coefficient (Wildman–Crippen LogP) is 3.57. The van der Waals surface area contributed by atoms with Gasteiger partial charge in [-0.2, -0.15) is 11.8 Å². The summed E-state index contributed by atoms with van der Waals surface area (Å²) in [6.07, 6.45) is 2.53. The zero-order valence-electron chi connectivity index (χ0n) is 9.01. The molecule has 88 valence electrons. The van der Waals surface area contributed by atoms with Gasteiger partial charge in [0.15, 0.2) is 0 Å². The van der Waals surface area contributed by atoms with Crippen LogP contribution < -0.4 is 5.32 Å². The molecule has 1 saturated heterocycles. The van der Waals surface area contributed by atoms with Crippen molar-refractivity contribution in [2.24, 2.45) is 0 Å². The second-order valence-corrected chi connectivity index (χ2v) is 6.14. The molecule has 16 heavy (non-hydrogen) atoms. The fourth-order valence-electron chi connectivity index (χ4n) is 1.88. The van der Waals surface area contributed by atoms with Gasteiger partial charge in [0.1, 0.15) is 5.82 Å². The molecule has 0 saturated carbocycles. The second-order valence-electron chi connectivity index (χ2n) is 4.07. The quantitative estimate of drug-likeness (QED) is 0.916. The van der Waals surface area contributed by atoms with Crippen molar-refractivity contribution in [3.8, 4) is 0 Å². The average Bonchev–Trinajstić information content (AvgIpc) is 2.27. The molecule has 1 heterocycles. The number of thioether (sulfide) groups is 1. The fraction of sp³-hybridized carbons (Fsp3) is 0.500. The molecule has 1 unspecified atom stereocenters. The Labute approximate surface area is 108 Å². The van der Waals surface area contributed by atoms with Crippen LogP contribution in [0.25, 0.3) is 0 Å². The summed E-state index contributed by atoms with van der Waals surface area (Å²) < 4.78 is 13.9. The summed E-state index contributed by atoms with van der Waals surface area (Å²) in [6.45, 7) is 0.752. The van der Waals surface area contributed by atoms with Crippen molar-refractivity contribution < 1.29 is 4.39 Å². The number of hydrogen-bond acceptors (Lipinski definition) is 2. The van der Waals surface area contributed by atoms with Crippen LogP contribution in [0.15, 0.2) is 22.7 Å². The zero-order chi connectivity index (χ0) is 11.4. The first kappa shape index (κ1) is 12.4. The lowest BCUT2D eigenvalue weighted by Gasteiger charge is -2.22. The molecule has 0 spiro atoms. The van der Waals surface area contributed by atoms with Gasteiger partial charge in [0.25, 0.3) is 0 Å². The van der Waals surface area contributed by atoms with E-state index in [9.17, 15) is 4.39 Å².